The third-order valence-corrected chi connectivity index (χ3v) is 2.17. The third kappa shape index (κ3) is 4.14. The quantitative estimate of drug-likeness (QED) is 0.643. The Labute approximate surface area is 105 Å². The molecule has 0 spiro atoms. The molecule has 0 aliphatic rings. The normalized spacial score (nSPS) is 10.4. The number of nitro benzene ring substituents is 1. The average molecular weight is 252 g/mol. The van der Waals surface area contributed by atoms with E-state index in [-0.39, 0.29) is 24.1 Å². The van der Waals surface area contributed by atoms with Crippen LogP contribution in [-0.2, 0) is 9.53 Å². The second-order valence-corrected chi connectivity index (χ2v) is 4.19. The van der Waals surface area contributed by atoms with Gasteiger partial charge in [0.2, 0.25) is 0 Å². The Kier molecular flexibility index (Phi) is 4.79. The highest BCUT2D eigenvalue weighted by molar-refractivity contribution is 5.94. The largest absolute Gasteiger partial charge is 0.369 e. The second-order valence-electron chi connectivity index (χ2n) is 4.19. The maximum absolute atomic E-state index is 11.5. The molecule has 0 fully saturated rings. The predicted octanol–water partition coefficient (Wildman–Crippen LogP) is 2.27. The van der Waals surface area contributed by atoms with E-state index in [2.05, 4.69) is 5.32 Å². The number of ether oxygens (including phenoxy) is 1. The molecule has 0 bridgehead atoms. The number of hydrogen-bond acceptors (Lipinski definition) is 4. The molecule has 0 aliphatic carbocycles. The first-order valence-corrected chi connectivity index (χ1v) is 5.56. The van der Waals surface area contributed by atoms with E-state index in [9.17, 15) is 14.9 Å². The van der Waals surface area contributed by atoms with Gasteiger partial charge in [0.15, 0.2) is 0 Å². The number of aryl methyl sites for hydroxylation is 1. The van der Waals surface area contributed by atoms with Crippen molar-refractivity contribution in [1.29, 1.82) is 0 Å². The molecular weight excluding hydrogens is 236 g/mol. The fourth-order valence-electron chi connectivity index (χ4n) is 1.34. The number of rotatable bonds is 5. The monoisotopic (exact) mass is 252 g/mol. The van der Waals surface area contributed by atoms with E-state index in [1.54, 1.807) is 19.1 Å². The Morgan fingerprint density at radius 2 is 2.17 bits per heavy atom. The summed E-state index contributed by atoms with van der Waals surface area (Å²) in [4.78, 5) is 21.8. The summed E-state index contributed by atoms with van der Waals surface area (Å²) in [5.74, 6) is -0.405. The van der Waals surface area contributed by atoms with Crippen LogP contribution in [0.5, 0.6) is 0 Å². The lowest BCUT2D eigenvalue weighted by atomic mass is 10.2. The van der Waals surface area contributed by atoms with Gasteiger partial charge >= 0.3 is 0 Å². The summed E-state index contributed by atoms with van der Waals surface area (Å²) < 4.78 is 5.12. The van der Waals surface area contributed by atoms with E-state index < -0.39 is 10.8 Å². The third-order valence-electron chi connectivity index (χ3n) is 2.17. The molecule has 1 aromatic carbocycles. The maximum Gasteiger partial charge on any atom is 0.292 e. The van der Waals surface area contributed by atoms with Crippen LogP contribution in [0.1, 0.15) is 19.4 Å². The summed E-state index contributed by atoms with van der Waals surface area (Å²) >= 11 is 0. The topological polar surface area (TPSA) is 81.5 Å². The van der Waals surface area contributed by atoms with Gasteiger partial charge in [-0.3, -0.25) is 14.9 Å². The Morgan fingerprint density at radius 3 is 2.72 bits per heavy atom. The highest BCUT2D eigenvalue weighted by Gasteiger charge is 2.15. The minimum absolute atomic E-state index is 0.0664. The van der Waals surface area contributed by atoms with Crippen molar-refractivity contribution in [2.24, 2.45) is 0 Å². The molecule has 0 heterocycles. The van der Waals surface area contributed by atoms with Crippen molar-refractivity contribution < 1.29 is 14.5 Å². The van der Waals surface area contributed by atoms with E-state index in [0.29, 0.717) is 0 Å². The van der Waals surface area contributed by atoms with Crippen LogP contribution in [0.3, 0.4) is 0 Å². The first kappa shape index (κ1) is 14.1. The summed E-state index contributed by atoms with van der Waals surface area (Å²) in [6, 6.07) is 4.55. The molecule has 6 nitrogen and oxygen atoms in total. The molecule has 1 rings (SSSR count). The van der Waals surface area contributed by atoms with Gasteiger partial charge in [-0.1, -0.05) is 6.07 Å². The van der Waals surface area contributed by atoms with E-state index in [1.165, 1.54) is 6.07 Å². The van der Waals surface area contributed by atoms with Crippen LogP contribution in [0.25, 0.3) is 0 Å². The maximum atomic E-state index is 11.5. The zero-order valence-corrected chi connectivity index (χ0v) is 10.6. The molecule has 0 saturated carbocycles. The molecule has 0 aromatic heterocycles. The number of carbonyl (C=O) groups excluding carboxylic acids is 1. The van der Waals surface area contributed by atoms with Crippen LogP contribution < -0.4 is 5.32 Å². The fourth-order valence-corrected chi connectivity index (χ4v) is 1.34. The van der Waals surface area contributed by atoms with Crippen molar-refractivity contribution in [2.75, 3.05) is 11.9 Å². The van der Waals surface area contributed by atoms with Gasteiger partial charge in [0.25, 0.3) is 11.6 Å². The van der Waals surface area contributed by atoms with Crippen molar-refractivity contribution in [3.8, 4) is 0 Å². The Morgan fingerprint density at radius 1 is 1.50 bits per heavy atom. The molecule has 0 unspecified atom stereocenters. The number of anilines is 1. The van der Waals surface area contributed by atoms with Gasteiger partial charge in [-0.2, -0.15) is 0 Å². The number of hydrogen-bond donors (Lipinski definition) is 1. The Bertz CT molecular complexity index is 457. The van der Waals surface area contributed by atoms with Gasteiger partial charge in [0.1, 0.15) is 12.3 Å². The average Bonchev–Trinajstić information content (AvgIpc) is 2.26. The number of nitrogens with zero attached hydrogens (tertiary/aromatic N) is 1. The molecule has 0 aliphatic heterocycles. The molecule has 1 N–H and O–H groups in total. The summed E-state index contributed by atoms with van der Waals surface area (Å²) in [5, 5.41) is 13.3. The molecule has 0 saturated heterocycles. The van der Waals surface area contributed by atoms with Gasteiger partial charge < -0.3 is 10.1 Å². The van der Waals surface area contributed by atoms with Crippen LogP contribution in [0.4, 0.5) is 11.4 Å². The minimum atomic E-state index is -0.529. The van der Waals surface area contributed by atoms with Gasteiger partial charge in [-0.25, -0.2) is 0 Å². The van der Waals surface area contributed by atoms with E-state index in [4.69, 9.17) is 4.74 Å². The van der Waals surface area contributed by atoms with E-state index in [1.807, 2.05) is 13.8 Å². The van der Waals surface area contributed by atoms with Crippen molar-refractivity contribution >= 4 is 17.3 Å². The van der Waals surface area contributed by atoms with Crippen LogP contribution in [0, 0.1) is 17.0 Å². The molecule has 98 valence electrons. The zero-order valence-electron chi connectivity index (χ0n) is 10.6. The highest BCUT2D eigenvalue weighted by Crippen LogP contribution is 2.25. The number of nitrogens with one attached hydrogen (secondary N) is 1. The van der Waals surface area contributed by atoms with Crippen LogP contribution in [0.15, 0.2) is 18.2 Å². The standard InChI is InChI=1S/C12H16N2O4/c1-8(2)18-7-12(15)13-10-6-9(3)4-5-11(10)14(16)17/h4-6,8H,7H2,1-3H3,(H,13,15). The summed E-state index contributed by atoms with van der Waals surface area (Å²) in [6.45, 7) is 5.29. The highest BCUT2D eigenvalue weighted by atomic mass is 16.6. The molecule has 0 radical (unpaired) electrons. The summed E-state index contributed by atoms with van der Waals surface area (Å²) in [5.41, 5.74) is 0.900. The molecule has 0 atom stereocenters. The second kappa shape index (κ2) is 6.11. The smallest absolute Gasteiger partial charge is 0.292 e. The van der Waals surface area contributed by atoms with Gasteiger partial charge in [-0.05, 0) is 32.4 Å². The summed E-state index contributed by atoms with van der Waals surface area (Å²) in [6.07, 6.45) is -0.0664. The lowest BCUT2D eigenvalue weighted by Crippen LogP contribution is -2.21. The van der Waals surface area contributed by atoms with Crippen molar-refractivity contribution in [3.05, 3.63) is 33.9 Å². The number of benzene rings is 1. The minimum Gasteiger partial charge on any atom is -0.369 e. The van der Waals surface area contributed by atoms with E-state index >= 15 is 0 Å². The van der Waals surface area contributed by atoms with Gasteiger partial charge in [-0.15, -0.1) is 0 Å². The number of amides is 1. The Hall–Kier alpha value is -1.95. The van der Waals surface area contributed by atoms with Crippen molar-refractivity contribution in [2.45, 2.75) is 26.9 Å². The van der Waals surface area contributed by atoms with Crippen LogP contribution >= 0.6 is 0 Å². The molecule has 6 heteroatoms. The number of nitro groups is 1. The Balaban J connectivity index is 2.79. The van der Waals surface area contributed by atoms with Gasteiger partial charge in [0.05, 0.1) is 11.0 Å². The summed E-state index contributed by atoms with van der Waals surface area (Å²) in [7, 11) is 0. The van der Waals surface area contributed by atoms with Crippen LogP contribution in [-0.4, -0.2) is 23.5 Å². The molecule has 1 amide bonds. The predicted molar refractivity (Wildman–Crippen MR) is 67.6 cm³/mol. The van der Waals surface area contributed by atoms with Crippen molar-refractivity contribution in [3.63, 3.8) is 0 Å². The first-order chi connectivity index (χ1) is 8.40. The SMILES string of the molecule is Cc1ccc([N+](=O)[O-])c(NC(=O)COC(C)C)c1. The first-order valence-electron chi connectivity index (χ1n) is 5.56. The fraction of sp³-hybridized carbons (Fsp3) is 0.417. The molecule has 18 heavy (non-hydrogen) atoms. The lowest BCUT2D eigenvalue weighted by molar-refractivity contribution is -0.383. The molecule has 1 aromatic rings. The van der Waals surface area contributed by atoms with Crippen LogP contribution in [0.2, 0.25) is 0 Å². The zero-order chi connectivity index (χ0) is 13.7. The van der Waals surface area contributed by atoms with E-state index in [0.717, 1.165) is 5.56 Å². The molecular formula is C12H16N2O4. The van der Waals surface area contributed by atoms with Gasteiger partial charge in [0, 0.05) is 6.07 Å². The number of carbonyl (C=O) groups is 1. The lowest BCUT2D eigenvalue weighted by Gasteiger charge is -2.09. The van der Waals surface area contributed by atoms with Crippen molar-refractivity contribution in [1.82, 2.24) is 0 Å².